The Balaban J connectivity index is 1.95. The number of anilines is 3. The SMILES string of the molecule is Nc1ccc(NC2CCCCCCC2)cc1N. The lowest BCUT2D eigenvalue weighted by Crippen LogP contribution is -2.20. The van der Waals surface area contributed by atoms with E-state index in [4.69, 9.17) is 11.5 Å². The van der Waals surface area contributed by atoms with Gasteiger partial charge in [0, 0.05) is 11.7 Å². The third-order valence-electron chi connectivity index (χ3n) is 3.56. The maximum atomic E-state index is 5.82. The van der Waals surface area contributed by atoms with E-state index < -0.39 is 0 Å². The summed E-state index contributed by atoms with van der Waals surface area (Å²) in [5.74, 6) is 0. The first kappa shape index (κ1) is 12.1. The molecule has 0 aromatic heterocycles. The Morgan fingerprint density at radius 3 is 2.18 bits per heavy atom. The van der Waals surface area contributed by atoms with Crippen LogP contribution in [0.3, 0.4) is 0 Å². The predicted molar refractivity (Wildman–Crippen MR) is 75.0 cm³/mol. The van der Waals surface area contributed by atoms with Crippen LogP contribution in [0, 0.1) is 0 Å². The molecule has 0 bridgehead atoms. The summed E-state index contributed by atoms with van der Waals surface area (Å²) < 4.78 is 0. The normalized spacial score (nSPS) is 18.4. The van der Waals surface area contributed by atoms with E-state index in [2.05, 4.69) is 5.32 Å². The molecular weight excluding hydrogens is 210 g/mol. The highest BCUT2D eigenvalue weighted by molar-refractivity contribution is 5.69. The van der Waals surface area contributed by atoms with Gasteiger partial charge in [0.15, 0.2) is 0 Å². The molecule has 1 saturated carbocycles. The summed E-state index contributed by atoms with van der Waals surface area (Å²) in [5.41, 5.74) is 14.0. The van der Waals surface area contributed by atoms with E-state index in [0.29, 0.717) is 17.4 Å². The van der Waals surface area contributed by atoms with E-state index in [-0.39, 0.29) is 0 Å². The fourth-order valence-electron chi connectivity index (χ4n) is 2.50. The van der Waals surface area contributed by atoms with Crippen LogP contribution in [0.2, 0.25) is 0 Å². The maximum absolute atomic E-state index is 5.82. The molecular formula is C14H23N3. The van der Waals surface area contributed by atoms with Crippen LogP contribution in [0.5, 0.6) is 0 Å². The molecule has 94 valence electrons. The first-order valence-corrected chi connectivity index (χ1v) is 6.67. The second-order valence-electron chi connectivity index (χ2n) is 5.03. The van der Waals surface area contributed by atoms with Crippen molar-refractivity contribution in [2.75, 3.05) is 16.8 Å². The average molecular weight is 233 g/mol. The average Bonchev–Trinajstić information content (AvgIpc) is 2.27. The van der Waals surface area contributed by atoms with Gasteiger partial charge < -0.3 is 16.8 Å². The Morgan fingerprint density at radius 1 is 0.882 bits per heavy atom. The second kappa shape index (κ2) is 5.80. The molecule has 5 N–H and O–H groups in total. The van der Waals surface area contributed by atoms with Crippen LogP contribution < -0.4 is 16.8 Å². The molecule has 0 unspecified atom stereocenters. The highest BCUT2D eigenvalue weighted by atomic mass is 14.9. The lowest BCUT2D eigenvalue weighted by molar-refractivity contribution is 0.471. The summed E-state index contributed by atoms with van der Waals surface area (Å²) in [7, 11) is 0. The summed E-state index contributed by atoms with van der Waals surface area (Å²) >= 11 is 0. The summed E-state index contributed by atoms with van der Waals surface area (Å²) in [6, 6.07) is 6.43. The number of hydrogen-bond donors (Lipinski definition) is 3. The zero-order valence-electron chi connectivity index (χ0n) is 10.4. The molecule has 0 atom stereocenters. The molecule has 3 nitrogen and oxygen atoms in total. The molecule has 17 heavy (non-hydrogen) atoms. The van der Waals surface area contributed by atoms with Crippen LogP contribution >= 0.6 is 0 Å². The predicted octanol–water partition coefficient (Wildman–Crippen LogP) is 3.38. The lowest BCUT2D eigenvalue weighted by atomic mass is 9.96. The van der Waals surface area contributed by atoms with Crippen molar-refractivity contribution in [3.8, 4) is 0 Å². The molecule has 2 rings (SSSR count). The van der Waals surface area contributed by atoms with Crippen LogP contribution in [0.25, 0.3) is 0 Å². The summed E-state index contributed by atoms with van der Waals surface area (Å²) in [6.45, 7) is 0. The van der Waals surface area contributed by atoms with E-state index in [1.807, 2.05) is 18.2 Å². The van der Waals surface area contributed by atoms with Gasteiger partial charge in [-0.15, -0.1) is 0 Å². The molecule has 1 aliphatic carbocycles. The van der Waals surface area contributed by atoms with Gasteiger partial charge in [0.2, 0.25) is 0 Å². The van der Waals surface area contributed by atoms with Gasteiger partial charge in [-0.25, -0.2) is 0 Å². The van der Waals surface area contributed by atoms with Crippen molar-refractivity contribution >= 4 is 17.1 Å². The first-order valence-electron chi connectivity index (χ1n) is 6.67. The molecule has 0 amide bonds. The molecule has 0 radical (unpaired) electrons. The molecule has 0 heterocycles. The summed E-state index contributed by atoms with van der Waals surface area (Å²) in [5, 5.41) is 3.58. The largest absolute Gasteiger partial charge is 0.397 e. The first-order chi connectivity index (χ1) is 8.25. The number of hydrogen-bond acceptors (Lipinski definition) is 3. The fourth-order valence-corrected chi connectivity index (χ4v) is 2.50. The highest BCUT2D eigenvalue weighted by Crippen LogP contribution is 2.24. The van der Waals surface area contributed by atoms with E-state index in [1.165, 1.54) is 44.9 Å². The standard InChI is InChI=1S/C14H23N3/c15-13-9-8-12(10-14(13)16)17-11-6-4-2-1-3-5-7-11/h8-11,17H,1-7,15-16H2. The third kappa shape index (κ3) is 3.55. The minimum absolute atomic E-state index is 0.596. The Hall–Kier alpha value is -1.38. The number of nitrogens with one attached hydrogen (secondary N) is 1. The topological polar surface area (TPSA) is 64.1 Å². The fraction of sp³-hybridized carbons (Fsp3) is 0.571. The van der Waals surface area contributed by atoms with Crippen LogP contribution in [0.1, 0.15) is 44.9 Å². The molecule has 1 aromatic carbocycles. The number of benzene rings is 1. The van der Waals surface area contributed by atoms with Crippen LogP contribution in [0.15, 0.2) is 18.2 Å². The minimum Gasteiger partial charge on any atom is -0.397 e. The van der Waals surface area contributed by atoms with Gasteiger partial charge >= 0.3 is 0 Å². The van der Waals surface area contributed by atoms with Gasteiger partial charge in [0.05, 0.1) is 11.4 Å². The van der Waals surface area contributed by atoms with E-state index in [9.17, 15) is 0 Å². The van der Waals surface area contributed by atoms with Crippen LogP contribution in [-0.4, -0.2) is 6.04 Å². The molecule has 0 saturated heterocycles. The van der Waals surface area contributed by atoms with Crippen molar-refractivity contribution < 1.29 is 0 Å². The van der Waals surface area contributed by atoms with Gasteiger partial charge in [-0.2, -0.15) is 0 Å². The summed E-state index contributed by atoms with van der Waals surface area (Å²) in [6.07, 6.45) is 9.37. The Labute approximate surface area is 104 Å². The number of nitrogen functional groups attached to an aromatic ring is 2. The quantitative estimate of drug-likeness (QED) is 0.686. The minimum atomic E-state index is 0.596. The summed E-state index contributed by atoms with van der Waals surface area (Å²) in [4.78, 5) is 0. The maximum Gasteiger partial charge on any atom is 0.0568 e. The van der Waals surface area contributed by atoms with Crippen molar-refractivity contribution in [3.63, 3.8) is 0 Å². The third-order valence-corrected chi connectivity index (χ3v) is 3.56. The van der Waals surface area contributed by atoms with Gasteiger partial charge in [-0.1, -0.05) is 32.1 Å². The molecule has 3 heteroatoms. The van der Waals surface area contributed by atoms with Crippen molar-refractivity contribution in [2.45, 2.75) is 51.0 Å². The number of nitrogens with two attached hydrogens (primary N) is 2. The Morgan fingerprint density at radius 2 is 1.53 bits per heavy atom. The van der Waals surface area contributed by atoms with Gasteiger partial charge in [0.25, 0.3) is 0 Å². The van der Waals surface area contributed by atoms with Crippen molar-refractivity contribution in [1.82, 2.24) is 0 Å². The van der Waals surface area contributed by atoms with Crippen LogP contribution in [-0.2, 0) is 0 Å². The van der Waals surface area contributed by atoms with Crippen molar-refractivity contribution in [3.05, 3.63) is 18.2 Å². The number of rotatable bonds is 2. The van der Waals surface area contributed by atoms with Crippen molar-refractivity contribution in [1.29, 1.82) is 0 Å². The zero-order valence-corrected chi connectivity index (χ0v) is 10.4. The Kier molecular flexibility index (Phi) is 4.13. The monoisotopic (exact) mass is 233 g/mol. The molecule has 1 aromatic rings. The van der Waals surface area contributed by atoms with Crippen LogP contribution in [0.4, 0.5) is 17.1 Å². The van der Waals surface area contributed by atoms with Gasteiger partial charge in [-0.3, -0.25) is 0 Å². The van der Waals surface area contributed by atoms with E-state index >= 15 is 0 Å². The van der Waals surface area contributed by atoms with E-state index in [1.54, 1.807) is 0 Å². The van der Waals surface area contributed by atoms with Gasteiger partial charge in [-0.05, 0) is 31.0 Å². The zero-order chi connectivity index (χ0) is 12.1. The molecule has 1 aliphatic rings. The lowest BCUT2D eigenvalue weighted by Gasteiger charge is -2.22. The highest BCUT2D eigenvalue weighted by Gasteiger charge is 2.11. The molecule has 0 aliphatic heterocycles. The molecule has 0 spiro atoms. The van der Waals surface area contributed by atoms with Crippen molar-refractivity contribution in [2.24, 2.45) is 0 Å². The smallest absolute Gasteiger partial charge is 0.0568 e. The molecule has 1 fully saturated rings. The van der Waals surface area contributed by atoms with Gasteiger partial charge in [0.1, 0.15) is 0 Å². The van der Waals surface area contributed by atoms with E-state index in [0.717, 1.165) is 5.69 Å². The Bertz CT molecular complexity index is 354. The second-order valence-corrected chi connectivity index (χ2v) is 5.03.